The molecule has 1 amide bonds. The van der Waals surface area contributed by atoms with E-state index in [9.17, 15) is 26.4 Å². The van der Waals surface area contributed by atoms with Gasteiger partial charge in [0.15, 0.2) is 5.75 Å². The lowest BCUT2D eigenvalue weighted by Gasteiger charge is -2.24. The third-order valence-corrected chi connectivity index (χ3v) is 5.19. The number of aryl methyl sites for hydroxylation is 1. The van der Waals surface area contributed by atoms with Crippen molar-refractivity contribution in [2.24, 2.45) is 5.92 Å². The number of rotatable bonds is 8. The molecule has 5 nitrogen and oxygen atoms in total. The minimum atomic E-state index is -5.88. The maximum absolute atomic E-state index is 13.0. The van der Waals surface area contributed by atoms with Gasteiger partial charge in [0.2, 0.25) is 0 Å². The maximum Gasteiger partial charge on any atom is 0.534 e. The monoisotopic (exact) mass is 409 g/mol. The van der Waals surface area contributed by atoms with Crippen molar-refractivity contribution in [3.63, 3.8) is 0 Å². The molecule has 0 saturated heterocycles. The number of nitrogens with zero attached hydrogens (tertiary/aromatic N) is 1. The van der Waals surface area contributed by atoms with Crippen LogP contribution in [0.3, 0.4) is 0 Å². The summed E-state index contributed by atoms with van der Waals surface area (Å²) < 4.78 is 65.7. The second-order valence-electron chi connectivity index (χ2n) is 6.63. The molecule has 0 unspecified atom stereocenters. The smallest absolute Gasteiger partial charge is 0.375 e. The summed E-state index contributed by atoms with van der Waals surface area (Å²) in [4.78, 5) is 14.4. The Kier molecular flexibility index (Phi) is 7.71. The van der Waals surface area contributed by atoms with Gasteiger partial charge in [-0.1, -0.05) is 19.9 Å². The largest absolute Gasteiger partial charge is 0.534 e. The van der Waals surface area contributed by atoms with Gasteiger partial charge >= 0.3 is 15.6 Å². The number of amides is 1. The molecule has 0 fully saturated rings. The van der Waals surface area contributed by atoms with Crippen LogP contribution < -0.4 is 4.18 Å². The SMILES string of the molecule is CCN(CC)C(=O)c1c(OS(=O)(=O)C(F)(F)F)ccc(C)c1CCC(C)C. The van der Waals surface area contributed by atoms with Crippen molar-refractivity contribution in [3.05, 3.63) is 28.8 Å². The topological polar surface area (TPSA) is 63.7 Å². The number of carbonyl (C=O) groups excluding carboxylic acids is 1. The van der Waals surface area contributed by atoms with Gasteiger partial charge in [-0.05, 0) is 56.7 Å². The van der Waals surface area contributed by atoms with Gasteiger partial charge in [-0.2, -0.15) is 21.6 Å². The molecule has 0 radical (unpaired) electrons. The van der Waals surface area contributed by atoms with Crippen LogP contribution in [0.5, 0.6) is 5.75 Å². The van der Waals surface area contributed by atoms with Crippen LogP contribution in [0, 0.1) is 12.8 Å². The Morgan fingerprint density at radius 3 is 2.19 bits per heavy atom. The lowest BCUT2D eigenvalue weighted by atomic mass is 9.93. The molecule has 0 N–H and O–H groups in total. The summed E-state index contributed by atoms with van der Waals surface area (Å²) in [6.45, 7) is 9.83. The van der Waals surface area contributed by atoms with Crippen LogP contribution in [0.1, 0.15) is 55.6 Å². The molecule has 0 aliphatic rings. The van der Waals surface area contributed by atoms with E-state index in [1.165, 1.54) is 11.0 Å². The van der Waals surface area contributed by atoms with Crippen molar-refractivity contribution < 1.29 is 30.6 Å². The highest BCUT2D eigenvalue weighted by Crippen LogP contribution is 2.33. The molecule has 0 spiro atoms. The van der Waals surface area contributed by atoms with Crippen LogP contribution in [0.2, 0.25) is 0 Å². The zero-order valence-electron chi connectivity index (χ0n) is 16.2. The standard InChI is InChI=1S/C18H26F3NO4S/c1-6-22(7-2)17(23)16-14(10-8-12(3)4)13(5)9-11-15(16)26-27(24,25)18(19,20)21/h9,11-12H,6-8,10H2,1-5H3. The highest BCUT2D eigenvalue weighted by atomic mass is 32.2. The van der Waals surface area contributed by atoms with Crippen LogP contribution in [-0.4, -0.2) is 37.8 Å². The summed E-state index contributed by atoms with van der Waals surface area (Å²) in [5.41, 5.74) is -4.49. The number of benzene rings is 1. The Hall–Kier alpha value is -1.77. The van der Waals surface area contributed by atoms with E-state index in [4.69, 9.17) is 0 Å². The van der Waals surface area contributed by atoms with Crippen molar-refractivity contribution >= 4 is 16.0 Å². The van der Waals surface area contributed by atoms with Gasteiger partial charge in [0.25, 0.3) is 5.91 Å². The fourth-order valence-corrected chi connectivity index (χ4v) is 3.09. The van der Waals surface area contributed by atoms with Crippen molar-refractivity contribution in [3.8, 4) is 5.75 Å². The van der Waals surface area contributed by atoms with E-state index in [1.54, 1.807) is 20.8 Å². The van der Waals surface area contributed by atoms with E-state index in [-0.39, 0.29) is 5.56 Å². The van der Waals surface area contributed by atoms with Crippen molar-refractivity contribution in [2.75, 3.05) is 13.1 Å². The Bertz CT molecular complexity index is 770. The summed E-state index contributed by atoms with van der Waals surface area (Å²) >= 11 is 0. The number of halogens is 3. The zero-order valence-corrected chi connectivity index (χ0v) is 17.0. The van der Waals surface area contributed by atoms with Crippen molar-refractivity contribution in [1.82, 2.24) is 4.90 Å². The van der Waals surface area contributed by atoms with Crippen molar-refractivity contribution in [1.29, 1.82) is 0 Å². The second-order valence-corrected chi connectivity index (χ2v) is 8.17. The summed E-state index contributed by atoms with van der Waals surface area (Å²) in [5.74, 6) is -0.840. The number of carbonyl (C=O) groups is 1. The third kappa shape index (κ3) is 5.60. The molecule has 27 heavy (non-hydrogen) atoms. The molecule has 0 atom stereocenters. The minimum absolute atomic E-state index is 0.118. The highest BCUT2D eigenvalue weighted by molar-refractivity contribution is 7.88. The summed E-state index contributed by atoms with van der Waals surface area (Å²) in [7, 11) is -5.88. The Balaban J connectivity index is 3.58. The quantitative estimate of drug-likeness (QED) is 0.475. The fourth-order valence-electron chi connectivity index (χ4n) is 2.62. The van der Waals surface area contributed by atoms with Gasteiger partial charge in [-0.3, -0.25) is 4.79 Å². The third-order valence-electron chi connectivity index (χ3n) is 4.23. The number of hydrogen-bond acceptors (Lipinski definition) is 4. The molecule has 0 bridgehead atoms. The predicted molar refractivity (Wildman–Crippen MR) is 97.2 cm³/mol. The first-order chi connectivity index (χ1) is 12.4. The Morgan fingerprint density at radius 2 is 1.74 bits per heavy atom. The molecule has 9 heteroatoms. The van der Waals surface area contributed by atoms with E-state index in [1.807, 2.05) is 13.8 Å². The highest BCUT2D eigenvalue weighted by Gasteiger charge is 2.49. The lowest BCUT2D eigenvalue weighted by molar-refractivity contribution is -0.0500. The molecular formula is C18H26F3NO4S. The molecular weight excluding hydrogens is 383 g/mol. The van der Waals surface area contributed by atoms with Crippen LogP contribution in [0.4, 0.5) is 13.2 Å². The maximum atomic E-state index is 13.0. The van der Waals surface area contributed by atoms with Crippen molar-refractivity contribution in [2.45, 2.75) is 53.0 Å². The number of alkyl halides is 3. The zero-order chi connectivity index (χ0) is 21.0. The Labute approximate surface area is 158 Å². The van der Waals surface area contributed by atoms with Crippen LogP contribution in [0.15, 0.2) is 12.1 Å². The normalized spacial score (nSPS) is 12.3. The molecule has 0 aliphatic carbocycles. The minimum Gasteiger partial charge on any atom is -0.375 e. The lowest BCUT2D eigenvalue weighted by Crippen LogP contribution is -2.33. The van der Waals surface area contributed by atoms with Gasteiger partial charge in [-0.15, -0.1) is 0 Å². The first kappa shape index (κ1) is 23.3. The summed E-state index contributed by atoms with van der Waals surface area (Å²) in [5, 5.41) is 0. The molecule has 0 aromatic heterocycles. The average Bonchev–Trinajstić information content (AvgIpc) is 2.54. The van der Waals surface area contributed by atoms with Gasteiger partial charge < -0.3 is 9.08 Å². The van der Waals surface area contributed by atoms with E-state index in [0.717, 1.165) is 6.07 Å². The summed E-state index contributed by atoms with van der Waals surface area (Å²) in [6, 6.07) is 2.57. The fraction of sp³-hybridized carbons (Fsp3) is 0.611. The first-order valence-electron chi connectivity index (χ1n) is 8.78. The second kappa shape index (κ2) is 8.95. The van der Waals surface area contributed by atoms with Crippen LogP contribution in [-0.2, 0) is 16.5 Å². The van der Waals surface area contributed by atoms with E-state index in [0.29, 0.717) is 43.0 Å². The molecule has 1 aromatic carbocycles. The number of hydrogen-bond donors (Lipinski definition) is 0. The predicted octanol–water partition coefficient (Wildman–Crippen LogP) is 4.29. The molecule has 154 valence electrons. The molecule has 0 saturated carbocycles. The first-order valence-corrected chi connectivity index (χ1v) is 10.2. The molecule has 0 aliphatic heterocycles. The van der Waals surface area contributed by atoms with E-state index in [2.05, 4.69) is 4.18 Å². The molecule has 0 heterocycles. The van der Waals surface area contributed by atoms with E-state index < -0.39 is 27.3 Å². The summed E-state index contributed by atoms with van der Waals surface area (Å²) in [6.07, 6.45) is 1.12. The molecule has 1 aromatic rings. The van der Waals surface area contributed by atoms with Gasteiger partial charge in [0.1, 0.15) is 0 Å². The van der Waals surface area contributed by atoms with Gasteiger partial charge in [0, 0.05) is 13.1 Å². The van der Waals surface area contributed by atoms with Crippen LogP contribution in [0.25, 0.3) is 0 Å². The van der Waals surface area contributed by atoms with E-state index >= 15 is 0 Å². The average molecular weight is 409 g/mol. The van der Waals surface area contributed by atoms with Gasteiger partial charge in [-0.25, -0.2) is 0 Å². The van der Waals surface area contributed by atoms with Crippen LogP contribution >= 0.6 is 0 Å². The molecule has 1 rings (SSSR count). The van der Waals surface area contributed by atoms with Gasteiger partial charge in [0.05, 0.1) is 5.56 Å². The Morgan fingerprint density at radius 1 is 1.19 bits per heavy atom.